The van der Waals surface area contributed by atoms with Gasteiger partial charge in [0.25, 0.3) is 0 Å². The first-order valence-corrected chi connectivity index (χ1v) is 38.9. The molecule has 622 valence electrons. The van der Waals surface area contributed by atoms with Gasteiger partial charge in [-0.15, -0.1) is 0 Å². The van der Waals surface area contributed by atoms with E-state index in [0.29, 0.717) is 41.1 Å². The van der Waals surface area contributed by atoms with Crippen molar-refractivity contribution in [1.82, 2.24) is 40.4 Å². The van der Waals surface area contributed by atoms with Crippen molar-refractivity contribution < 1.29 is 105 Å². The third-order valence-electron chi connectivity index (χ3n) is 19.5. The Labute approximate surface area is 678 Å². The number of nitrogens with one attached hydrogen (secondary N) is 6. The molecule has 3 saturated heterocycles. The number of nitrogens with zero attached hydrogens (tertiary/aromatic N) is 2. The van der Waals surface area contributed by atoms with E-state index in [9.17, 15) is 62.9 Å². The Hall–Kier alpha value is -10.3. The predicted octanol–water partition coefficient (Wildman–Crippen LogP) is 15.2. The van der Waals surface area contributed by atoms with Gasteiger partial charge in [0.2, 0.25) is 11.8 Å². The molecule has 8 aromatic rings. The summed E-state index contributed by atoms with van der Waals surface area (Å²) < 4.78 is 175. The van der Waals surface area contributed by atoms with Gasteiger partial charge in [-0.05, 0) is 221 Å². The zero-order valence-electron chi connectivity index (χ0n) is 75.8. The molecule has 4 aromatic heterocycles. The van der Waals surface area contributed by atoms with Gasteiger partial charge in [-0.25, -0.2) is 22.4 Å². The Morgan fingerprint density at radius 2 is 0.852 bits per heavy atom. The van der Waals surface area contributed by atoms with Gasteiger partial charge in [0.15, 0.2) is 0 Å². The van der Waals surface area contributed by atoms with Crippen molar-refractivity contribution in [3.8, 4) is 22.8 Å². The molecule has 0 radical (unpaired) electrons. The number of amides is 3. The van der Waals surface area contributed by atoms with Crippen LogP contribution in [0, 0.1) is 35.1 Å². The lowest BCUT2D eigenvalue weighted by Gasteiger charge is -2.30. The number of aromatic amines is 4. The molecule has 115 heavy (non-hydrogen) atoms. The number of fused-ring (bicyclic) bond motifs is 4. The lowest BCUT2D eigenvalue weighted by molar-refractivity contribution is -0.159. The second-order valence-electron chi connectivity index (χ2n) is 32.4. The highest BCUT2D eigenvalue weighted by Gasteiger charge is 2.44. The Morgan fingerprint density at radius 1 is 0.470 bits per heavy atom. The van der Waals surface area contributed by atoms with Crippen molar-refractivity contribution in [3.63, 3.8) is 0 Å². The van der Waals surface area contributed by atoms with Gasteiger partial charge in [0, 0.05) is 139 Å². The Balaban J connectivity index is 0.000000253. The fourth-order valence-electron chi connectivity index (χ4n) is 14.9. The molecule has 0 spiro atoms. The number of aromatic nitrogens is 4. The predicted molar refractivity (Wildman–Crippen MR) is 426 cm³/mol. The standard InChI is InChI=1S/C49H63F2N5O10.C31H33F2N3O4.C7H14O2/c1-11-28(17-42(59)65-48(5,6)7)45(60)55-24-33(63-26(3)57)20-31(55)22-37-35-15-13-29(50)18-40(35)52-43(37)44-38(36-16-14-30(51)19-41(36)53-44)23-32-21-34(64-27(4)58)25-56(32)46(61)39(12-2)54-47(62)66-49(8,9)10;1-16(37)39-22-6-3-18(9-22)10-26-24-7-4-19(32)11-28(24)35-30(26)31-27(25-8-5-20(33)12-29(25)36-31)14-21-13-23(15-34-21)40-17(2)38;1-5-6(8)9-7(2,3)4/h13-16,18-19,28,31-34,39,52-53H,11-12,17,20-25H2,1-10H3,(H,54,62);4-5,7-8,11-12,18,21-23,34-36H,3,6,9-10,13-15H2,1-2H3;5H2,1-4H3/t28-,31+,32+,33+,34+,39+;18-,21-,22+,23-;/m10./s1/i22D2,23D2;10D2,14D2;. The minimum atomic E-state index is -2.67. The number of ether oxygens (including phenoxy) is 7. The molecule has 6 N–H and O–H groups in total. The third kappa shape index (κ3) is 22.9. The summed E-state index contributed by atoms with van der Waals surface area (Å²) in [6.07, 6.45) is -12.0. The van der Waals surface area contributed by atoms with Gasteiger partial charge in [0.05, 0.1) is 42.3 Å². The fourth-order valence-corrected chi connectivity index (χ4v) is 14.9. The number of rotatable bonds is 22. The Morgan fingerprint density at radius 3 is 1.23 bits per heavy atom. The quantitative estimate of drug-likeness (QED) is 0.0209. The number of hydrogen-bond acceptors (Lipinski definition) is 17. The van der Waals surface area contributed by atoms with Gasteiger partial charge in [-0.1, -0.05) is 20.8 Å². The van der Waals surface area contributed by atoms with E-state index in [1.807, 2.05) is 20.8 Å². The molecule has 10 atom stereocenters. The van der Waals surface area contributed by atoms with E-state index < -0.39 is 168 Å². The van der Waals surface area contributed by atoms with E-state index in [0.717, 1.165) is 24.3 Å². The lowest BCUT2D eigenvalue weighted by Crippen LogP contribution is -2.51. The minimum Gasteiger partial charge on any atom is -0.463 e. The topological polar surface area (TPSA) is 312 Å². The van der Waals surface area contributed by atoms with Gasteiger partial charge in [-0.3, -0.25) is 38.4 Å². The van der Waals surface area contributed by atoms with Crippen LogP contribution in [0.4, 0.5) is 22.4 Å². The number of alkyl carbamates (subject to hydrolysis) is 1. The van der Waals surface area contributed by atoms with Gasteiger partial charge >= 0.3 is 41.9 Å². The highest BCUT2D eigenvalue weighted by atomic mass is 19.1. The van der Waals surface area contributed by atoms with Crippen LogP contribution >= 0.6 is 0 Å². The maximum atomic E-state index is 15.2. The van der Waals surface area contributed by atoms with E-state index in [1.54, 1.807) is 62.3 Å². The summed E-state index contributed by atoms with van der Waals surface area (Å²) in [4.78, 5) is 129. The SMILES string of the molecule is CCC(=O)OC(C)(C)C.[2H]C([2H])(c1c(-c2[nH]c3cc(F)ccc3c2C([2H])([2H])[C@@H]2C[C@H](OC(C)=O)CN2)[nH]c2cc(F)ccc12)[C@H]1CC[C@@H](OC(C)=O)C1.[2H]C([2H])(c1c(-c2[nH]c3cc(F)ccc3c2C([2H])([2H])[C@@H]2C[C@H](OC(C)=O)CN2C(=O)[C@H](CC)NC(=O)OC(C)(C)C)[nH]c2cc(F)ccc12)[C@@H]1C[C@H](OC(C)=O)CN1C(=O)[C@H](CC)CC(=O)OC(C)(C)C. The molecular weight excluding hydrogens is 1490 g/mol. The number of carbonyl (C=O) groups is 9. The molecule has 1 aliphatic carbocycles. The van der Waals surface area contributed by atoms with Crippen molar-refractivity contribution in [3.05, 3.63) is 118 Å². The van der Waals surface area contributed by atoms with Crippen LogP contribution in [0.25, 0.3) is 66.4 Å². The van der Waals surface area contributed by atoms with Crippen molar-refractivity contribution in [2.75, 3.05) is 19.6 Å². The third-order valence-corrected chi connectivity index (χ3v) is 19.5. The molecule has 3 amide bonds. The van der Waals surface area contributed by atoms with Crippen LogP contribution in [0.3, 0.4) is 0 Å². The number of halogens is 4. The van der Waals surface area contributed by atoms with Crippen molar-refractivity contribution in [1.29, 1.82) is 0 Å². The van der Waals surface area contributed by atoms with Gasteiger partial charge in [-0.2, -0.15) is 0 Å². The lowest BCUT2D eigenvalue weighted by atomic mass is 9.93. The average molecular weight is 1610 g/mol. The first kappa shape index (κ1) is 76.1. The van der Waals surface area contributed by atoms with Crippen LogP contribution in [-0.2, 0) is 97.0 Å². The molecule has 12 rings (SSSR count). The first-order valence-electron chi connectivity index (χ1n) is 42.9. The molecule has 28 heteroatoms. The van der Waals surface area contributed by atoms with Crippen LogP contribution in [0.5, 0.6) is 0 Å². The molecule has 24 nitrogen and oxygen atoms in total. The smallest absolute Gasteiger partial charge is 0.408 e. The number of carbonyl (C=O) groups excluding carboxylic acids is 9. The number of benzene rings is 4. The largest absolute Gasteiger partial charge is 0.463 e. The van der Waals surface area contributed by atoms with Gasteiger partial charge in [0.1, 0.15) is 70.5 Å². The van der Waals surface area contributed by atoms with Crippen molar-refractivity contribution >= 4 is 97.3 Å². The maximum Gasteiger partial charge on any atom is 0.408 e. The molecule has 0 unspecified atom stereocenters. The summed E-state index contributed by atoms with van der Waals surface area (Å²) >= 11 is 0. The molecule has 4 aliphatic rings. The van der Waals surface area contributed by atoms with E-state index in [1.165, 1.54) is 86.0 Å². The van der Waals surface area contributed by atoms with Crippen LogP contribution in [0.15, 0.2) is 72.8 Å². The fraction of sp³-hybridized carbons (Fsp3) is 0.529. The maximum absolute atomic E-state index is 15.2. The summed E-state index contributed by atoms with van der Waals surface area (Å²) in [5, 5.41) is 6.78. The van der Waals surface area contributed by atoms with Crippen molar-refractivity contribution in [2.45, 2.75) is 266 Å². The molecule has 0 bridgehead atoms. The van der Waals surface area contributed by atoms with E-state index in [4.69, 9.17) is 33.2 Å². The molecule has 4 aromatic carbocycles. The van der Waals surface area contributed by atoms with Crippen LogP contribution < -0.4 is 10.6 Å². The number of H-pyrrole nitrogens is 4. The minimum absolute atomic E-state index is 0.0587. The number of esters is 6. The van der Waals surface area contributed by atoms with Crippen LogP contribution in [0.1, 0.15) is 208 Å². The summed E-state index contributed by atoms with van der Waals surface area (Å²) in [5.74, 6) is -8.40. The summed E-state index contributed by atoms with van der Waals surface area (Å²) in [6, 6.07) is 10.2. The second kappa shape index (κ2) is 36.7. The summed E-state index contributed by atoms with van der Waals surface area (Å²) in [6.45, 7) is 25.4. The monoisotopic (exact) mass is 1610 g/mol. The number of likely N-dealkylation sites (tertiary alicyclic amines) is 2. The highest BCUT2D eigenvalue weighted by Crippen LogP contribution is 2.44. The molecular formula is C87H110F4N8O16. The zero-order chi connectivity index (χ0) is 91.0. The van der Waals surface area contributed by atoms with E-state index in [-0.39, 0.29) is 143 Å². The summed E-state index contributed by atoms with van der Waals surface area (Å²) in [7, 11) is 0. The van der Waals surface area contributed by atoms with E-state index >= 15 is 8.78 Å². The van der Waals surface area contributed by atoms with Crippen LogP contribution in [0.2, 0.25) is 0 Å². The zero-order valence-corrected chi connectivity index (χ0v) is 67.8. The molecule has 7 heterocycles. The summed E-state index contributed by atoms with van der Waals surface area (Å²) in [5.41, 5.74) is -1.10. The Kier molecular flexibility index (Phi) is 24.3. The van der Waals surface area contributed by atoms with Crippen molar-refractivity contribution in [2.24, 2.45) is 11.8 Å². The molecule has 4 fully saturated rings. The first-order chi connectivity index (χ1) is 57.2. The second-order valence-corrected chi connectivity index (χ2v) is 32.4. The molecule has 1 saturated carbocycles. The van der Waals surface area contributed by atoms with Gasteiger partial charge < -0.3 is 73.5 Å². The highest BCUT2D eigenvalue weighted by molar-refractivity contribution is 5.98. The van der Waals surface area contributed by atoms with Crippen LogP contribution in [-0.4, -0.2) is 168 Å². The normalized spacial score (nSPS) is 21.7. The number of hydrogen-bond donors (Lipinski definition) is 6. The Bertz CT molecular complexity index is 5010. The van der Waals surface area contributed by atoms with E-state index in [2.05, 4.69) is 30.6 Å². The average Bonchev–Trinajstić information content (AvgIpc) is 1.54. The molecule has 3 aliphatic heterocycles.